The van der Waals surface area contributed by atoms with Crippen LogP contribution in [-0.2, 0) is 0 Å². The molecule has 0 saturated heterocycles. The van der Waals surface area contributed by atoms with Gasteiger partial charge in [0, 0.05) is 20.1 Å². The molecule has 78 heavy (non-hydrogen) atoms. The lowest BCUT2D eigenvalue weighted by atomic mass is 9.12. The molecule has 0 aliphatic heterocycles. The van der Waals surface area contributed by atoms with Crippen LogP contribution in [0.15, 0.2) is 109 Å². The molecule has 0 N–H and O–H groups in total. The van der Waals surface area contributed by atoms with E-state index in [0.29, 0.717) is 26.4 Å². The van der Waals surface area contributed by atoms with Crippen molar-refractivity contribution in [3.63, 3.8) is 0 Å². The first-order valence-electron chi connectivity index (χ1n) is 21.8. The monoisotopic (exact) mass is 1360 g/mol. The molecule has 8 rings (SSSR count). The van der Waals surface area contributed by atoms with Crippen LogP contribution in [0.25, 0.3) is 0 Å². The smallest absolute Gasteiger partial charge is 0.366 e. The van der Waals surface area contributed by atoms with E-state index in [9.17, 15) is 17.6 Å². The van der Waals surface area contributed by atoms with E-state index in [1.54, 1.807) is 0 Å². The lowest BCUT2D eigenvalue weighted by Crippen LogP contribution is -3.61. The van der Waals surface area contributed by atoms with Crippen molar-refractivity contribution in [3.05, 3.63) is 226 Å². The van der Waals surface area contributed by atoms with Gasteiger partial charge < -0.3 is 18.9 Å². The maximum Gasteiger partial charge on any atom is 0.366 e. The molecule has 408 valence electrons. The highest BCUT2D eigenvalue weighted by Gasteiger charge is 2.50. The molecule has 0 aromatic heterocycles. The number of para-hydroxylation sites is 4. The highest BCUT2D eigenvalue weighted by molar-refractivity contribution is 7.22. The van der Waals surface area contributed by atoms with E-state index in [4.69, 9.17) is 112 Å². The topological polar surface area (TPSA) is 36.9 Å². The second-order valence-electron chi connectivity index (χ2n) is 15.8. The van der Waals surface area contributed by atoms with Crippen LogP contribution < -0.4 is 62.0 Å². The van der Waals surface area contributed by atoms with Crippen molar-refractivity contribution >= 4 is 121 Å². The molecule has 0 radical (unpaired) electrons. The fraction of sp³-hybridized carbons (Fsp3) is 0.0769. The van der Waals surface area contributed by atoms with Gasteiger partial charge in [0.15, 0.2) is 58.0 Å². The van der Waals surface area contributed by atoms with E-state index in [1.165, 1.54) is 7.14 Å². The Morgan fingerprint density at radius 3 is 0.808 bits per heavy atom. The minimum Gasteiger partial charge on any atom is -0.490 e. The molecule has 0 saturated carbocycles. The summed E-state index contributed by atoms with van der Waals surface area (Å²) in [6.45, 7) is 1.98. The normalized spacial score (nSPS) is 11.3. The van der Waals surface area contributed by atoms with E-state index in [2.05, 4.69) is 24.3 Å². The Morgan fingerprint density at radius 2 is 0.526 bits per heavy atom. The first kappa shape index (κ1) is 60.9. The summed E-state index contributed by atoms with van der Waals surface area (Å²) in [6, 6.07) is 36.0. The minimum absolute atomic E-state index is 0.480. The first-order valence-corrected chi connectivity index (χ1v) is 26.9. The Labute approximate surface area is 485 Å². The van der Waals surface area contributed by atoms with E-state index < -0.39 is 159 Å². The van der Waals surface area contributed by atoms with Gasteiger partial charge in [-0.25, -0.2) is 52.7 Å². The van der Waals surface area contributed by atoms with Crippen molar-refractivity contribution < 1.29 is 92.8 Å². The Kier molecular flexibility index (Phi) is 20.5. The lowest BCUT2D eigenvalue weighted by molar-refractivity contribution is -0.599. The zero-order valence-corrected chi connectivity index (χ0v) is 46.6. The summed E-state index contributed by atoms with van der Waals surface area (Å²) >= 11 is 46.2. The summed E-state index contributed by atoms with van der Waals surface area (Å²) in [5.74, 6) is -27.7. The number of ether oxygens (including phenoxy) is 4. The molecule has 0 bridgehead atoms. The Balaban J connectivity index is 0.000000237. The summed E-state index contributed by atoms with van der Waals surface area (Å²) in [5.41, 5.74) is -8.47. The molecule has 0 atom stereocenters. The molecule has 26 heteroatoms. The van der Waals surface area contributed by atoms with Gasteiger partial charge in [-0.3, -0.25) is 0 Å². The van der Waals surface area contributed by atoms with Gasteiger partial charge in [-0.05, 0) is 48.5 Å². The van der Waals surface area contributed by atoms with Crippen molar-refractivity contribution in [1.82, 2.24) is 0 Å². The van der Waals surface area contributed by atoms with E-state index in [1.807, 2.05) is 84.9 Å². The molecule has 4 nitrogen and oxygen atoms in total. The second-order valence-corrected chi connectivity index (χ2v) is 21.7. The van der Waals surface area contributed by atoms with Gasteiger partial charge in [-0.1, -0.05) is 153 Å². The Hall–Kier alpha value is -4.77. The third-order valence-electron chi connectivity index (χ3n) is 11.3. The van der Waals surface area contributed by atoms with Crippen molar-refractivity contribution in [2.24, 2.45) is 0 Å². The molecule has 0 fully saturated rings. The maximum absolute atomic E-state index is 16.0. The average Bonchev–Trinajstić information content (AvgIpc) is 3.54. The molecule has 0 spiro atoms. The van der Waals surface area contributed by atoms with Gasteiger partial charge in [0.1, 0.15) is 67.3 Å². The predicted octanol–water partition coefficient (Wildman–Crippen LogP) is 12.7. The first-order chi connectivity index (χ1) is 37.1. The van der Waals surface area contributed by atoms with Gasteiger partial charge in [0.05, 0.1) is 20.1 Å². The Bertz CT molecular complexity index is 3070. The van der Waals surface area contributed by atoms with Crippen LogP contribution in [0, 0.1) is 76.9 Å². The molecule has 0 aliphatic carbocycles. The van der Waals surface area contributed by atoms with Gasteiger partial charge in [0.2, 0.25) is 7.14 Å². The lowest BCUT2D eigenvalue weighted by Gasteiger charge is -2.46. The van der Waals surface area contributed by atoms with Crippen molar-refractivity contribution in [1.29, 1.82) is 0 Å². The standard InChI is InChI=1S/C28H26IO4.C24BCl8F12/c1-3-11-23(12-4-1)30-19-21-32-27-17-9-7-15-25(27)29-26-16-8-10-18-28(26)33-22-20-31-24-13-5-2-6-14-24;26-5-1(13(34)21(42)17(38)9(5)30)25(2-6(27)10(31)18(39)22(43)14(2)35,3-7(28)11(32)19(40)23(44)15(3)36)4-8(29)12(33)20(41)24(45)16(4)37/h1-18H,19-22H2;/q+1;-1. The van der Waals surface area contributed by atoms with E-state index in [-0.39, 0.29) is 0 Å². The number of benzene rings is 8. The fourth-order valence-electron chi connectivity index (χ4n) is 7.92. The second kappa shape index (κ2) is 26.2. The summed E-state index contributed by atoms with van der Waals surface area (Å²) < 4.78 is 208. The molecular weight excluding hydrogens is 1340 g/mol. The van der Waals surface area contributed by atoms with Gasteiger partial charge in [-0.2, -0.15) is 0 Å². The van der Waals surface area contributed by atoms with Crippen LogP contribution in [0.5, 0.6) is 23.0 Å². The highest BCUT2D eigenvalue weighted by atomic mass is 127. The molecule has 0 heterocycles. The van der Waals surface area contributed by atoms with E-state index in [0.717, 1.165) is 23.0 Å². The predicted molar refractivity (Wildman–Crippen MR) is 275 cm³/mol. The largest absolute Gasteiger partial charge is 0.490 e. The molecule has 0 amide bonds. The van der Waals surface area contributed by atoms with E-state index >= 15 is 35.1 Å². The fourth-order valence-corrected chi connectivity index (χ4v) is 12.6. The zero-order chi connectivity index (χ0) is 56.9. The third kappa shape index (κ3) is 12.0. The molecule has 8 aromatic carbocycles. The highest BCUT2D eigenvalue weighted by Crippen LogP contribution is 2.40. The molecule has 8 aromatic rings. The van der Waals surface area contributed by atoms with Crippen LogP contribution in [-0.4, -0.2) is 32.6 Å². The van der Waals surface area contributed by atoms with Crippen LogP contribution in [0.4, 0.5) is 52.7 Å². The third-order valence-corrected chi connectivity index (χ3v) is 17.6. The number of hydrogen-bond donors (Lipinski definition) is 0. The molecule has 0 aliphatic rings. The quantitative estimate of drug-likeness (QED) is 0.0241. The van der Waals surface area contributed by atoms with Gasteiger partial charge in [-0.15, -0.1) is 21.9 Å². The Morgan fingerprint density at radius 1 is 0.282 bits per heavy atom. The maximum atomic E-state index is 16.0. The summed E-state index contributed by atoms with van der Waals surface area (Å²) in [5, 5.41) is -13.9. The van der Waals surface area contributed by atoms with Crippen LogP contribution in [0.3, 0.4) is 0 Å². The average molecular weight is 1360 g/mol. The van der Waals surface area contributed by atoms with Gasteiger partial charge in [0.25, 0.3) is 0 Å². The summed E-state index contributed by atoms with van der Waals surface area (Å²) in [7, 11) is 0. The van der Waals surface area contributed by atoms with Gasteiger partial charge >= 0.3 is 21.2 Å². The van der Waals surface area contributed by atoms with Crippen LogP contribution in [0.2, 0.25) is 40.2 Å². The minimum atomic E-state index is -5.62. The number of hydrogen-bond acceptors (Lipinski definition) is 4. The van der Waals surface area contributed by atoms with Crippen LogP contribution >= 0.6 is 92.8 Å². The van der Waals surface area contributed by atoms with Crippen molar-refractivity contribution in [2.45, 2.75) is 0 Å². The SMILES string of the molecule is Fc1c(F)c(Cl)c(Cl)c([B-](c2c(F)c(F)c(F)c(Cl)c2Cl)(c2c(F)c(F)c(F)c(Cl)c2Cl)c2c(F)c(F)c(F)c(Cl)c2Cl)c1F.c1ccc(OCCOc2ccccc2[I+]c2ccccc2OCCOc2ccccc2)cc1. The zero-order valence-electron chi connectivity index (χ0n) is 38.4. The van der Waals surface area contributed by atoms with Crippen molar-refractivity contribution in [3.8, 4) is 23.0 Å². The molecule has 0 unspecified atom stereocenters. The number of halogens is 21. The van der Waals surface area contributed by atoms with Crippen LogP contribution in [0.1, 0.15) is 0 Å². The summed E-state index contributed by atoms with van der Waals surface area (Å²) in [6.07, 6.45) is -5.62. The summed E-state index contributed by atoms with van der Waals surface area (Å²) in [4.78, 5) is 0. The molecular formula is C52H26BCl8F12IO4. The number of rotatable bonds is 16. The van der Waals surface area contributed by atoms with Crippen molar-refractivity contribution in [2.75, 3.05) is 26.4 Å².